The van der Waals surface area contributed by atoms with E-state index >= 15 is 0 Å². The Balaban J connectivity index is 2.15. The van der Waals surface area contributed by atoms with Gasteiger partial charge in [0.1, 0.15) is 12.1 Å². The molecule has 1 atom stereocenters. The zero-order chi connectivity index (χ0) is 14.6. The van der Waals surface area contributed by atoms with Crippen molar-refractivity contribution in [1.82, 2.24) is 9.97 Å². The van der Waals surface area contributed by atoms with Crippen LogP contribution < -0.4 is 9.64 Å². The van der Waals surface area contributed by atoms with Gasteiger partial charge >= 0.3 is 0 Å². The molecule has 0 unspecified atom stereocenters. The van der Waals surface area contributed by atoms with Crippen LogP contribution in [0.5, 0.6) is 5.88 Å². The summed E-state index contributed by atoms with van der Waals surface area (Å²) in [4.78, 5) is 10.6. The first-order chi connectivity index (χ1) is 9.54. The summed E-state index contributed by atoms with van der Waals surface area (Å²) in [5.41, 5.74) is -0.238. The van der Waals surface area contributed by atoms with Crippen LogP contribution in [0.4, 0.5) is 5.82 Å². The molecule has 0 aromatic carbocycles. The Morgan fingerprint density at radius 1 is 1.45 bits per heavy atom. The van der Waals surface area contributed by atoms with Gasteiger partial charge in [0, 0.05) is 26.3 Å². The maximum atomic E-state index is 6.00. The molecule has 0 aliphatic carbocycles. The van der Waals surface area contributed by atoms with Crippen molar-refractivity contribution in [2.24, 2.45) is 0 Å². The summed E-state index contributed by atoms with van der Waals surface area (Å²) in [5, 5.41) is 0. The average molecular weight is 281 g/mol. The van der Waals surface area contributed by atoms with E-state index < -0.39 is 0 Å². The second-order valence-electron chi connectivity index (χ2n) is 5.48. The fourth-order valence-electron chi connectivity index (χ4n) is 2.47. The summed E-state index contributed by atoms with van der Waals surface area (Å²) in [6.45, 7) is 8.78. The second kappa shape index (κ2) is 6.37. The quantitative estimate of drug-likeness (QED) is 0.815. The molecule has 20 heavy (non-hydrogen) atoms. The van der Waals surface area contributed by atoms with Gasteiger partial charge in [-0.2, -0.15) is 0 Å². The highest BCUT2D eigenvalue weighted by Gasteiger charge is 2.34. The van der Waals surface area contributed by atoms with Gasteiger partial charge in [0.25, 0.3) is 0 Å². The Hall–Kier alpha value is -1.40. The predicted octanol–water partition coefficient (Wildman–Crippen LogP) is 1.51. The van der Waals surface area contributed by atoms with Crippen LogP contribution in [0.1, 0.15) is 20.8 Å². The summed E-state index contributed by atoms with van der Waals surface area (Å²) < 4.78 is 16.6. The highest BCUT2D eigenvalue weighted by molar-refractivity contribution is 5.42. The van der Waals surface area contributed by atoms with Crippen LogP contribution in [-0.4, -0.2) is 55.1 Å². The van der Waals surface area contributed by atoms with E-state index in [1.165, 1.54) is 6.33 Å². The molecule has 1 fully saturated rings. The normalized spacial score (nSPS) is 21.8. The number of hydrogen-bond donors (Lipinski definition) is 0. The van der Waals surface area contributed by atoms with Crippen LogP contribution in [0.25, 0.3) is 0 Å². The molecule has 0 bridgehead atoms. The number of ether oxygens (including phenoxy) is 3. The van der Waals surface area contributed by atoms with E-state index in [9.17, 15) is 0 Å². The molecule has 2 rings (SSSR count). The van der Waals surface area contributed by atoms with Crippen molar-refractivity contribution in [3.05, 3.63) is 12.4 Å². The number of nitrogens with zero attached hydrogens (tertiary/aromatic N) is 3. The van der Waals surface area contributed by atoms with Crippen LogP contribution >= 0.6 is 0 Å². The van der Waals surface area contributed by atoms with Crippen LogP contribution in [0.15, 0.2) is 12.4 Å². The van der Waals surface area contributed by atoms with Crippen molar-refractivity contribution in [2.75, 3.05) is 38.3 Å². The molecule has 0 amide bonds. The number of methoxy groups -OCH3 is 1. The monoisotopic (exact) mass is 281 g/mol. The first-order valence-corrected chi connectivity index (χ1v) is 6.90. The van der Waals surface area contributed by atoms with E-state index in [1.807, 2.05) is 13.0 Å². The highest BCUT2D eigenvalue weighted by Crippen LogP contribution is 2.26. The molecule has 6 nitrogen and oxygen atoms in total. The molecule has 1 aliphatic rings. The number of morpholine rings is 1. The van der Waals surface area contributed by atoms with Crippen molar-refractivity contribution >= 4 is 5.82 Å². The Kier molecular flexibility index (Phi) is 4.77. The van der Waals surface area contributed by atoms with Crippen LogP contribution in [0.2, 0.25) is 0 Å². The first-order valence-electron chi connectivity index (χ1n) is 6.90. The van der Waals surface area contributed by atoms with Gasteiger partial charge in [-0.3, -0.25) is 0 Å². The third-order valence-electron chi connectivity index (χ3n) is 3.08. The van der Waals surface area contributed by atoms with Gasteiger partial charge in [0.2, 0.25) is 5.88 Å². The van der Waals surface area contributed by atoms with E-state index in [-0.39, 0.29) is 11.7 Å². The van der Waals surface area contributed by atoms with E-state index in [0.29, 0.717) is 19.1 Å². The Bertz CT molecular complexity index is 439. The zero-order valence-electron chi connectivity index (χ0n) is 12.6. The van der Waals surface area contributed by atoms with Gasteiger partial charge in [0.05, 0.1) is 24.9 Å². The maximum Gasteiger partial charge on any atom is 0.218 e. The molecule has 1 aromatic heterocycles. The number of hydrogen-bond acceptors (Lipinski definition) is 6. The minimum atomic E-state index is -0.238. The number of rotatable bonds is 5. The van der Waals surface area contributed by atoms with E-state index in [2.05, 4.69) is 28.7 Å². The van der Waals surface area contributed by atoms with Gasteiger partial charge < -0.3 is 19.1 Å². The molecule has 0 spiro atoms. The van der Waals surface area contributed by atoms with Crippen molar-refractivity contribution in [3.8, 4) is 5.88 Å². The molecule has 0 radical (unpaired) electrons. The summed E-state index contributed by atoms with van der Waals surface area (Å²) >= 11 is 0. The summed E-state index contributed by atoms with van der Waals surface area (Å²) in [5.74, 6) is 1.46. The molecule has 112 valence electrons. The van der Waals surface area contributed by atoms with Crippen LogP contribution in [0.3, 0.4) is 0 Å². The largest absolute Gasteiger partial charge is 0.478 e. The second-order valence-corrected chi connectivity index (χ2v) is 5.48. The average Bonchev–Trinajstić information content (AvgIpc) is 2.38. The lowest BCUT2D eigenvalue weighted by Gasteiger charge is -2.43. The third kappa shape index (κ3) is 3.80. The topological polar surface area (TPSA) is 56.7 Å². The fourth-order valence-corrected chi connectivity index (χ4v) is 2.47. The fraction of sp³-hybridized carbons (Fsp3) is 0.714. The van der Waals surface area contributed by atoms with Crippen LogP contribution in [-0.2, 0) is 9.47 Å². The summed E-state index contributed by atoms with van der Waals surface area (Å²) in [7, 11) is 1.69. The SMILES string of the molecule is CCOc1cc(N2C[C@@H](COC)OC(C)(C)C2)ncn1. The molecule has 1 aromatic rings. The molecule has 6 heteroatoms. The molecule has 1 saturated heterocycles. The zero-order valence-corrected chi connectivity index (χ0v) is 12.6. The number of aromatic nitrogens is 2. The molecule has 0 saturated carbocycles. The smallest absolute Gasteiger partial charge is 0.218 e. The van der Waals surface area contributed by atoms with Gasteiger partial charge in [-0.05, 0) is 20.8 Å². The number of anilines is 1. The lowest BCUT2D eigenvalue weighted by molar-refractivity contribution is -0.106. The van der Waals surface area contributed by atoms with Gasteiger partial charge in [-0.25, -0.2) is 9.97 Å². The Morgan fingerprint density at radius 3 is 2.95 bits per heavy atom. The molecular weight excluding hydrogens is 258 g/mol. The minimum Gasteiger partial charge on any atom is -0.478 e. The summed E-state index contributed by atoms with van der Waals surface area (Å²) in [6, 6.07) is 1.87. The minimum absolute atomic E-state index is 0.0364. The molecule has 0 N–H and O–H groups in total. The van der Waals surface area contributed by atoms with Gasteiger partial charge in [-0.1, -0.05) is 0 Å². The van der Waals surface area contributed by atoms with E-state index in [1.54, 1.807) is 7.11 Å². The highest BCUT2D eigenvalue weighted by atomic mass is 16.5. The first kappa shape index (κ1) is 15.0. The third-order valence-corrected chi connectivity index (χ3v) is 3.08. The van der Waals surface area contributed by atoms with Crippen LogP contribution in [0, 0.1) is 0 Å². The van der Waals surface area contributed by atoms with Crippen molar-refractivity contribution in [1.29, 1.82) is 0 Å². The predicted molar refractivity (Wildman–Crippen MR) is 76.2 cm³/mol. The van der Waals surface area contributed by atoms with E-state index in [0.717, 1.165) is 18.9 Å². The van der Waals surface area contributed by atoms with Crippen molar-refractivity contribution in [3.63, 3.8) is 0 Å². The van der Waals surface area contributed by atoms with Crippen molar-refractivity contribution in [2.45, 2.75) is 32.5 Å². The Labute approximate surface area is 120 Å². The lowest BCUT2D eigenvalue weighted by Crippen LogP contribution is -2.54. The molecule has 1 aliphatic heterocycles. The molecule has 2 heterocycles. The maximum absolute atomic E-state index is 6.00. The van der Waals surface area contributed by atoms with Crippen molar-refractivity contribution < 1.29 is 14.2 Å². The standard InChI is InChI=1S/C14H23N3O3/c1-5-19-13-6-12(15-10-16-13)17-7-11(8-18-4)20-14(2,3)9-17/h6,10-11H,5,7-9H2,1-4H3/t11-/m0/s1. The lowest BCUT2D eigenvalue weighted by atomic mass is 10.1. The van der Waals surface area contributed by atoms with E-state index in [4.69, 9.17) is 14.2 Å². The van der Waals surface area contributed by atoms with Gasteiger partial charge in [-0.15, -0.1) is 0 Å². The Morgan fingerprint density at radius 2 is 2.25 bits per heavy atom. The molecular formula is C14H23N3O3. The van der Waals surface area contributed by atoms with Gasteiger partial charge in [0.15, 0.2) is 0 Å². The summed E-state index contributed by atoms with van der Waals surface area (Å²) in [6.07, 6.45) is 1.57.